The summed E-state index contributed by atoms with van der Waals surface area (Å²) in [6, 6.07) is 21.4. The lowest BCUT2D eigenvalue weighted by Crippen LogP contribution is -2.37. The second-order valence-corrected chi connectivity index (χ2v) is 9.96. The quantitative estimate of drug-likeness (QED) is 0.257. The molecule has 3 N–H and O–H groups in total. The minimum Gasteiger partial charge on any atom is -0.457 e. The van der Waals surface area contributed by atoms with Crippen molar-refractivity contribution in [1.82, 2.24) is 20.1 Å². The molecule has 3 heterocycles. The van der Waals surface area contributed by atoms with E-state index in [1.165, 1.54) is 0 Å². The van der Waals surface area contributed by atoms with Crippen LogP contribution in [0.4, 0.5) is 5.82 Å². The smallest absolute Gasteiger partial charge is 0.264 e. The lowest BCUT2D eigenvalue weighted by molar-refractivity contribution is -0.127. The number of aromatic nitrogens is 3. The van der Waals surface area contributed by atoms with Crippen molar-refractivity contribution in [3.8, 4) is 28.8 Å². The van der Waals surface area contributed by atoms with E-state index in [0.717, 1.165) is 65.0 Å². The molecule has 1 amide bonds. The number of aromatic amines is 1. The predicted octanol–water partition coefficient (Wildman–Crippen LogP) is 5.39. The zero-order valence-corrected chi connectivity index (χ0v) is 20.9. The number of ether oxygens (including phenoxy) is 1. The summed E-state index contributed by atoms with van der Waals surface area (Å²) in [5, 5.41) is 17.6. The summed E-state index contributed by atoms with van der Waals surface area (Å²) in [5.74, 6) is 2.09. The fourth-order valence-electron chi connectivity index (χ4n) is 5.11. The Balaban J connectivity index is 1.28. The first-order chi connectivity index (χ1) is 18.6. The van der Waals surface area contributed by atoms with E-state index in [0.29, 0.717) is 24.7 Å². The van der Waals surface area contributed by atoms with E-state index in [1.807, 2.05) is 71.6 Å². The van der Waals surface area contributed by atoms with E-state index in [2.05, 4.69) is 16.3 Å². The van der Waals surface area contributed by atoms with Crippen LogP contribution in [0.5, 0.6) is 11.5 Å². The maximum atomic E-state index is 13.2. The van der Waals surface area contributed by atoms with Gasteiger partial charge in [0.1, 0.15) is 23.1 Å². The highest BCUT2D eigenvalue weighted by atomic mass is 16.5. The van der Waals surface area contributed by atoms with Crippen LogP contribution in [-0.2, 0) is 11.2 Å². The normalized spacial score (nSPS) is 17.5. The van der Waals surface area contributed by atoms with Gasteiger partial charge in [0.2, 0.25) is 0 Å². The Morgan fingerprint density at radius 1 is 1.13 bits per heavy atom. The predicted molar refractivity (Wildman–Crippen MR) is 145 cm³/mol. The third kappa shape index (κ3) is 4.83. The molecule has 0 spiro atoms. The largest absolute Gasteiger partial charge is 0.457 e. The number of carbonyl (C=O) groups excluding carboxylic acids is 1. The molecule has 6 rings (SSSR count). The number of nitrogens with zero attached hydrogens (tertiary/aromatic N) is 4. The number of para-hydroxylation sites is 1. The molecule has 0 bridgehead atoms. The number of nitrogens with one attached hydrogen (secondary N) is 1. The molecule has 2 aromatic heterocycles. The molecule has 2 aromatic carbocycles. The molecule has 2 aliphatic rings. The average Bonchev–Trinajstić information content (AvgIpc) is 3.52. The summed E-state index contributed by atoms with van der Waals surface area (Å²) >= 11 is 0. The number of fused-ring (bicyclic) bond motifs is 1. The molecule has 1 aliphatic heterocycles. The average molecular weight is 505 g/mol. The molecule has 2 fully saturated rings. The van der Waals surface area contributed by atoms with Gasteiger partial charge in [0.05, 0.1) is 16.6 Å². The molecule has 8 heteroatoms. The third-order valence-electron chi connectivity index (χ3n) is 7.19. The van der Waals surface area contributed by atoms with E-state index in [4.69, 9.17) is 15.5 Å². The number of H-pyrrole nitrogens is 1. The number of hydrogen-bond donors (Lipinski definition) is 2. The van der Waals surface area contributed by atoms with Gasteiger partial charge in [-0.2, -0.15) is 10.4 Å². The summed E-state index contributed by atoms with van der Waals surface area (Å²) in [7, 11) is 0. The van der Waals surface area contributed by atoms with Gasteiger partial charge in [0.15, 0.2) is 5.82 Å². The molecule has 1 aliphatic carbocycles. The molecular weight excluding hydrogens is 476 g/mol. The number of anilines is 1. The lowest BCUT2D eigenvalue weighted by Gasteiger charge is -2.24. The molecule has 0 radical (unpaired) electrons. The van der Waals surface area contributed by atoms with Crippen molar-refractivity contribution in [2.45, 2.75) is 38.1 Å². The van der Waals surface area contributed by atoms with Gasteiger partial charge in [-0.25, -0.2) is 0 Å². The fourth-order valence-corrected chi connectivity index (χ4v) is 5.11. The zero-order valence-electron chi connectivity index (χ0n) is 20.9. The molecule has 1 unspecified atom stereocenters. The topological polar surface area (TPSA) is 121 Å². The number of rotatable bonds is 7. The summed E-state index contributed by atoms with van der Waals surface area (Å²) in [4.78, 5) is 20.0. The number of amides is 1. The van der Waals surface area contributed by atoms with Crippen molar-refractivity contribution >= 4 is 22.6 Å². The standard InChI is InChI=1S/C30H28N6O2/c31-18-21(15-19-8-9-19)30(37)36-14-4-5-23(36)16-22-17-26-27(29(32)35-34-26)28(33-22)20-10-12-25(13-11-20)38-24-6-2-1-3-7-24/h1-3,6-7,10-13,15,17,19,23H,4-5,8-9,14,16H2,(H3,32,34,35)/b21-15-. The van der Waals surface area contributed by atoms with Crippen LogP contribution in [0.25, 0.3) is 22.2 Å². The second-order valence-electron chi connectivity index (χ2n) is 9.96. The molecule has 38 heavy (non-hydrogen) atoms. The Bertz CT molecular complexity index is 1550. The first-order valence-corrected chi connectivity index (χ1v) is 13.0. The van der Waals surface area contributed by atoms with Gasteiger partial charge in [0.25, 0.3) is 5.91 Å². The molecule has 1 saturated heterocycles. The Hall–Kier alpha value is -4.64. The maximum absolute atomic E-state index is 13.2. The highest BCUT2D eigenvalue weighted by Crippen LogP contribution is 2.34. The molecule has 1 saturated carbocycles. The van der Waals surface area contributed by atoms with E-state index in [9.17, 15) is 10.1 Å². The van der Waals surface area contributed by atoms with Crippen LogP contribution in [0.2, 0.25) is 0 Å². The van der Waals surface area contributed by atoms with E-state index < -0.39 is 0 Å². The van der Waals surface area contributed by atoms with Gasteiger partial charge < -0.3 is 15.4 Å². The number of nitrogen functional groups attached to an aromatic ring is 1. The Labute approximate surface area is 220 Å². The Morgan fingerprint density at radius 2 is 1.89 bits per heavy atom. The summed E-state index contributed by atoms with van der Waals surface area (Å²) in [5.41, 5.74) is 9.75. The van der Waals surface area contributed by atoms with Crippen LogP contribution in [0.3, 0.4) is 0 Å². The van der Waals surface area contributed by atoms with E-state index in [1.54, 1.807) is 0 Å². The minimum absolute atomic E-state index is 0.0156. The van der Waals surface area contributed by atoms with Gasteiger partial charge in [0, 0.05) is 30.3 Å². The van der Waals surface area contributed by atoms with Crippen molar-refractivity contribution < 1.29 is 9.53 Å². The number of carbonyl (C=O) groups is 1. The summed E-state index contributed by atoms with van der Waals surface area (Å²) in [6.45, 7) is 0.655. The van der Waals surface area contributed by atoms with Gasteiger partial charge in [-0.05, 0) is 74.1 Å². The first kappa shape index (κ1) is 23.7. The van der Waals surface area contributed by atoms with Crippen LogP contribution in [0.1, 0.15) is 31.4 Å². The molecule has 8 nitrogen and oxygen atoms in total. The van der Waals surface area contributed by atoms with Crippen molar-refractivity contribution in [2.75, 3.05) is 12.3 Å². The highest BCUT2D eigenvalue weighted by Gasteiger charge is 2.32. The number of hydrogen-bond acceptors (Lipinski definition) is 6. The Kier molecular flexibility index (Phi) is 6.26. The first-order valence-electron chi connectivity index (χ1n) is 13.0. The number of nitrogens with two attached hydrogens (primary N) is 1. The summed E-state index contributed by atoms with van der Waals surface area (Å²) in [6.07, 6.45) is 6.33. The van der Waals surface area contributed by atoms with Crippen LogP contribution in [0.15, 0.2) is 72.3 Å². The lowest BCUT2D eigenvalue weighted by atomic mass is 10.0. The Morgan fingerprint density at radius 3 is 2.63 bits per heavy atom. The van der Waals surface area contributed by atoms with Crippen molar-refractivity contribution in [2.24, 2.45) is 5.92 Å². The zero-order chi connectivity index (χ0) is 26.1. The van der Waals surface area contributed by atoms with Gasteiger partial charge in [-0.1, -0.05) is 24.3 Å². The second kappa shape index (κ2) is 10.0. The van der Waals surface area contributed by atoms with Gasteiger partial charge in [-0.15, -0.1) is 0 Å². The van der Waals surface area contributed by atoms with Crippen molar-refractivity contribution in [1.29, 1.82) is 5.26 Å². The number of nitriles is 1. The van der Waals surface area contributed by atoms with E-state index >= 15 is 0 Å². The number of benzene rings is 2. The van der Waals surface area contributed by atoms with Crippen LogP contribution in [-0.4, -0.2) is 38.6 Å². The van der Waals surface area contributed by atoms with Crippen molar-refractivity contribution in [3.05, 3.63) is 78.0 Å². The van der Waals surface area contributed by atoms with Gasteiger partial charge >= 0.3 is 0 Å². The number of likely N-dealkylation sites (tertiary alicyclic amines) is 1. The minimum atomic E-state index is -0.164. The molecule has 4 aromatic rings. The number of pyridine rings is 1. The number of allylic oxidation sites excluding steroid dienone is 1. The van der Waals surface area contributed by atoms with Crippen LogP contribution < -0.4 is 10.5 Å². The van der Waals surface area contributed by atoms with Gasteiger partial charge in [-0.3, -0.25) is 14.9 Å². The van der Waals surface area contributed by atoms with Crippen LogP contribution >= 0.6 is 0 Å². The van der Waals surface area contributed by atoms with Crippen LogP contribution in [0, 0.1) is 17.2 Å². The highest BCUT2D eigenvalue weighted by molar-refractivity contribution is 6.00. The fraction of sp³-hybridized carbons (Fsp3) is 0.267. The van der Waals surface area contributed by atoms with Crippen molar-refractivity contribution in [3.63, 3.8) is 0 Å². The summed E-state index contributed by atoms with van der Waals surface area (Å²) < 4.78 is 5.94. The molecular formula is C30H28N6O2. The SMILES string of the molecule is N#C/C(=C/C1CC1)C(=O)N1CCCC1Cc1cc2[nH]nc(N)c2c(-c2ccc(Oc3ccccc3)cc2)n1. The molecule has 190 valence electrons. The van der Waals surface area contributed by atoms with E-state index in [-0.39, 0.29) is 17.5 Å². The monoisotopic (exact) mass is 504 g/mol. The molecule has 1 atom stereocenters. The third-order valence-corrected chi connectivity index (χ3v) is 7.19. The maximum Gasteiger partial charge on any atom is 0.264 e.